The molecule has 0 aliphatic carbocycles. The quantitative estimate of drug-likeness (QED) is 0.217. The summed E-state index contributed by atoms with van der Waals surface area (Å²) >= 11 is 0. The Morgan fingerprint density at radius 1 is 0.891 bits per heavy atom. The van der Waals surface area contributed by atoms with Gasteiger partial charge in [-0.15, -0.1) is 0 Å². The summed E-state index contributed by atoms with van der Waals surface area (Å²) < 4.78 is 10.8. The topological polar surface area (TPSA) is 163 Å². The molecular weight excluding hydrogens is 594 g/mol. The van der Waals surface area contributed by atoms with Crippen LogP contribution in [-0.4, -0.2) is 97.0 Å². The first kappa shape index (κ1) is 36.3. The summed E-state index contributed by atoms with van der Waals surface area (Å²) in [7, 11) is 2.78. The van der Waals surface area contributed by atoms with Gasteiger partial charge in [-0.2, -0.15) is 0 Å². The van der Waals surface area contributed by atoms with E-state index in [1.54, 1.807) is 39.6 Å². The second-order valence-electron chi connectivity index (χ2n) is 12.6. The number of benzene rings is 1. The maximum Gasteiger partial charge on any atom is 0.410 e. The van der Waals surface area contributed by atoms with Gasteiger partial charge in [0.1, 0.15) is 24.2 Å². The zero-order valence-corrected chi connectivity index (χ0v) is 27.8. The van der Waals surface area contributed by atoms with Crippen molar-refractivity contribution in [1.82, 2.24) is 25.8 Å². The van der Waals surface area contributed by atoms with Crippen molar-refractivity contribution >= 4 is 35.7 Å². The fourth-order valence-corrected chi connectivity index (χ4v) is 5.77. The van der Waals surface area contributed by atoms with E-state index in [9.17, 15) is 28.8 Å². The van der Waals surface area contributed by atoms with Gasteiger partial charge in [0.2, 0.25) is 23.6 Å². The summed E-state index contributed by atoms with van der Waals surface area (Å²) in [5.74, 6) is -2.75. The molecule has 2 heterocycles. The Balaban J connectivity index is 1.65. The Morgan fingerprint density at radius 3 is 2.13 bits per heavy atom. The maximum atomic E-state index is 13.9. The first-order chi connectivity index (χ1) is 21.9. The molecule has 2 aliphatic rings. The van der Waals surface area contributed by atoms with E-state index >= 15 is 0 Å². The lowest BCUT2D eigenvalue weighted by molar-refractivity contribution is -0.152. The number of hydrogen-bond donors (Lipinski definition) is 3. The van der Waals surface area contributed by atoms with Crippen LogP contribution in [0.2, 0.25) is 0 Å². The molecule has 0 radical (unpaired) electrons. The molecule has 1 aromatic rings. The number of likely N-dealkylation sites (tertiary alicyclic amines) is 1. The van der Waals surface area contributed by atoms with E-state index in [0.717, 1.165) is 5.56 Å². The molecule has 0 bridgehead atoms. The lowest BCUT2D eigenvalue weighted by Gasteiger charge is -2.31. The van der Waals surface area contributed by atoms with Gasteiger partial charge in [0, 0.05) is 39.4 Å². The van der Waals surface area contributed by atoms with E-state index in [2.05, 4.69) is 16.0 Å². The predicted molar refractivity (Wildman–Crippen MR) is 169 cm³/mol. The van der Waals surface area contributed by atoms with Crippen molar-refractivity contribution in [3.8, 4) is 0 Å². The average molecular weight is 644 g/mol. The Hall–Kier alpha value is -4.16. The fraction of sp³-hybridized carbons (Fsp3) is 0.636. The third-order valence-corrected chi connectivity index (χ3v) is 8.51. The molecule has 46 heavy (non-hydrogen) atoms. The van der Waals surface area contributed by atoms with Gasteiger partial charge in [-0.05, 0) is 42.2 Å². The number of fused-ring (bicyclic) bond motifs is 1. The van der Waals surface area contributed by atoms with Crippen LogP contribution in [0.1, 0.15) is 70.9 Å². The minimum atomic E-state index is -1.02. The minimum Gasteiger partial charge on any atom is -0.467 e. The summed E-state index contributed by atoms with van der Waals surface area (Å²) in [5.41, 5.74) is 2.24. The van der Waals surface area contributed by atoms with E-state index in [0.29, 0.717) is 38.8 Å². The highest BCUT2D eigenvalue weighted by molar-refractivity contribution is 5.94. The zero-order chi connectivity index (χ0) is 34.0. The molecule has 3 N–H and O–H groups in total. The van der Waals surface area contributed by atoms with E-state index in [4.69, 9.17) is 9.47 Å². The molecule has 2 aliphatic heterocycles. The standard InChI is InChI=1S/C33H49N5O8/c1-20(2)28(35-27(40)14-10-9-13-26(39)34-5)30(41)36-29(21(3)4)31(42)38-19-24(17-25(38)32(43)45-6)46-33(44)37-16-15-22-11-7-8-12-23(22)18-37/h7-8,11-12,20-21,24-25,28-29H,9-10,13-19H2,1-6H3,(H,34,39)(H,35,40)(H,36,41)/t24-,25+,28+,29+/m1/s1. The summed E-state index contributed by atoms with van der Waals surface area (Å²) in [6, 6.07) is 4.99. The number of rotatable bonds is 13. The number of nitrogens with zero attached hydrogens (tertiary/aromatic N) is 2. The van der Waals surface area contributed by atoms with Gasteiger partial charge in [-0.1, -0.05) is 52.0 Å². The van der Waals surface area contributed by atoms with Crippen LogP contribution in [-0.2, 0) is 46.4 Å². The molecule has 13 nitrogen and oxygen atoms in total. The minimum absolute atomic E-state index is 0.0335. The normalized spacial score (nSPS) is 18.8. The SMILES string of the molecule is CNC(=O)CCCCC(=O)N[C@H](C(=O)N[C@H](C(=O)N1C[C@H](OC(=O)N2CCc3ccccc3C2)C[C@H]1C(=O)OC)C(C)C)C(C)C. The summed E-state index contributed by atoms with van der Waals surface area (Å²) in [6.07, 6.45) is 0.996. The molecule has 0 spiro atoms. The fourth-order valence-electron chi connectivity index (χ4n) is 5.77. The lowest BCUT2D eigenvalue weighted by Crippen LogP contribution is -2.58. The van der Waals surface area contributed by atoms with Gasteiger partial charge in [-0.25, -0.2) is 9.59 Å². The van der Waals surface area contributed by atoms with Crippen LogP contribution in [0.3, 0.4) is 0 Å². The van der Waals surface area contributed by atoms with Gasteiger partial charge in [0.15, 0.2) is 0 Å². The molecular formula is C33H49N5O8. The van der Waals surface area contributed by atoms with Gasteiger partial charge >= 0.3 is 12.1 Å². The number of carbonyl (C=O) groups excluding carboxylic acids is 6. The molecule has 3 rings (SSSR count). The molecule has 13 heteroatoms. The smallest absolute Gasteiger partial charge is 0.410 e. The third-order valence-electron chi connectivity index (χ3n) is 8.51. The van der Waals surface area contributed by atoms with Gasteiger partial charge in [0.25, 0.3) is 0 Å². The number of ether oxygens (including phenoxy) is 2. The van der Waals surface area contributed by atoms with Gasteiger partial charge < -0.3 is 35.2 Å². The molecule has 0 saturated carbocycles. The first-order valence-electron chi connectivity index (χ1n) is 16.1. The maximum absolute atomic E-state index is 13.9. The van der Waals surface area contributed by atoms with E-state index in [1.165, 1.54) is 17.6 Å². The molecule has 4 atom stereocenters. The number of amides is 5. The number of nitrogens with one attached hydrogen (secondary N) is 3. The lowest BCUT2D eigenvalue weighted by atomic mass is 9.98. The van der Waals surface area contributed by atoms with E-state index in [-0.39, 0.29) is 43.0 Å². The van der Waals surface area contributed by atoms with Crippen molar-refractivity contribution in [2.45, 2.75) is 97.0 Å². The van der Waals surface area contributed by atoms with Crippen LogP contribution >= 0.6 is 0 Å². The summed E-state index contributed by atoms with van der Waals surface area (Å²) in [4.78, 5) is 80.2. The van der Waals surface area contributed by atoms with Gasteiger partial charge in [0.05, 0.1) is 13.7 Å². The second-order valence-corrected chi connectivity index (χ2v) is 12.6. The second kappa shape index (κ2) is 17.0. The number of esters is 1. The molecule has 1 saturated heterocycles. The Morgan fingerprint density at radius 2 is 1.52 bits per heavy atom. The van der Waals surface area contributed by atoms with E-state index < -0.39 is 48.1 Å². The average Bonchev–Trinajstić information content (AvgIpc) is 3.46. The highest BCUT2D eigenvalue weighted by Gasteiger charge is 2.45. The molecule has 0 unspecified atom stereocenters. The van der Waals surface area contributed by atoms with Crippen molar-refractivity contribution in [3.05, 3.63) is 35.4 Å². The molecule has 254 valence electrons. The van der Waals surface area contributed by atoms with Crippen LogP contribution < -0.4 is 16.0 Å². The van der Waals surface area contributed by atoms with Crippen molar-refractivity contribution < 1.29 is 38.2 Å². The van der Waals surface area contributed by atoms with Gasteiger partial charge in [-0.3, -0.25) is 19.2 Å². The third kappa shape index (κ3) is 9.67. The van der Waals surface area contributed by atoms with Crippen LogP contribution in [0.25, 0.3) is 0 Å². The number of hydrogen-bond acceptors (Lipinski definition) is 8. The Bertz CT molecular complexity index is 1270. The zero-order valence-electron chi connectivity index (χ0n) is 27.8. The molecule has 0 aromatic heterocycles. The van der Waals surface area contributed by atoms with Crippen molar-refractivity contribution in [1.29, 1.82) is 0 Å². The Kier molecular flexibility index (Phi) is 13.4. The summed E-state index contributed by atoms with van der Waals surface area (Å²) in [5, 5.41) is 8.10. The highest BCUT2D eigenvalue weighted by atomic mass is 16.6. The molecule has 1 fully saturated rings. The number of unbranched alkanes of at least 4 members (excludes halogenated alkanes) is 1. The van der Waals surface area contributed by atoms with Crippen LogP contribution in [0, 0.1) is 11.8 Å². The largest absolute Gasteiger partial charge is 0.467 e. The van der Waals surface area contributed by atoms with Crippen molar-refractivity contribution in [2.24, 2.45) is 11.8 Å². The number of methoxy groups -OCH3 is 1. The van der Waals surface area contributed by atoms with Crippen LogP contribution in [0.4, 0.5) is 4.79 Å². The van der Waals surface area contributed by atoms with Crippen LogP contribution in [0.5, 0.6) is 0 Å². The van der Waals surface area contributed by atoms with Crippen LogP contribution in [0.15, 0.2) is 24.3 Å². The summed E-state index contributed by atoms with van der Waals surface area (Å²) in [6.45, 7) is 7.99. The number of carbonyl (C=O) groups is 6. The van der Waals surface area contributed by atoms with Crippen molar-refractivity contribution in [2.75, 3.05) is 27.2 Å². The monoisotopic (exact) mass is 643 g/mol. The molecule has 5 amide bonds. The van der Waals surface area contributed by atoms with E-state index in [1.807, 2.05) is 24.3 Å². The predicted octanol–water partition coefficient (Wildman–Crippen LogP) is 1.91. The first-order valence-corrected chi connectivity index (χ1v) is 16.1. The van der Waals surface area contributed by atoms with Crippen molar-refractivity contribution in [3.63, 3.8) is 0 Å². The molecule has 1 aromatic carbocycles. The highest BCUT2D eigenvalue weighted by Crippen LogP contribution is 2.26. The Labute approximate surface area is 271 Å².